The van der Waals surface area contributed by atoms with Crippen molar-refractivity contribution in [1.82, 2.24) is 10.6 Å². The molecule has 2 saturated heterocycles. The van der Waals surface area contributed by atoms with Crippen LogP contribution in [0, 0.1) is 11.8 Å². The number of aliphatic hydroxyl groups excluding tert-OH is 1. The fourth-order valence-corrected chi connectivity index (χ4v) is 5.41. The monoisotopic (exact) mass is 656 g/mol. The predicted octanol–water partition coefficient (Wildman–Crippen LogP) is 6.06. The summed E-state index contributed by atoms with van der Waals surface area (Å²) in [6.45, 7) is 24.5. The lowest BCUT2D eigenvalue weighted by Gasteiger charge is -2.39. The number of carbonyl (C=O) groups is 3. The molecule has 2 fully saturated rings. The van der Waals surface area contributed by atoms with E-state index in [9.17, 15) is 14.4 Å². The smallest absolute Gasteiger partial charge is 0.303 e. The van der Waals surface area contributed by atoms with E-state index >= 15 is 0 Å². The van der Waals surface area contributed by atoms with E-state index in [1.807, 2.05) is 39.8 Å². The molecule has 0 radical (unpaired) electrons. The van der Waals surface area contributed by atoms with Crippen LogP contribution in [-0.2, 0) is 28.6 Å². The van der Waals surface area contributed by atoms with E-state index in [1.54, 1.807) is 19.9 Å². The van der Waals surface area contributed by atoms with Crippen molar-refractivity contribution in [3.05, 3.63) is 72.9 Å². The fourth-order valence-electron chi connectivity index (χ4n) is 5.41. The van der Waals surface area contributed by atoms with Crippen molar-refractivity contribution in [2.24, 2.45) is 11.8 Å². The summed E-state index contributed by atoms with van der Waals surface area (Å²) in [6, 6.07) is -0.0289. The number of esters is 1. The van der Waals surface area contributed by atoms with Crippen molar-refractivity contribution < 1.29 is 33.7 Å². The number of amides is 2. The highest BCUT2D eigenvalue weighted by atomic mass is 16.5. The van der Waals surface area contributed by atoms with Gasteiger partial charge in [-0.15, -0.1) is 0 Å². The Morgan fingerprint density at radius 3 is 1.55 bits per heavy atom. The van der Waals surface area contributed by atoms with Crippen LogP contribution in [0.4, 0.5) is 0 Å². The first kappa shape index (κ1) is 41.8. The van der Waals surface area contributed by atoms with Gasteiger partial charge in [-0.25, -0.2) is 0 Å². The second-order valence-electron chi connectivity index (χ2n) is 13.0. The Morgan fingerprint density at radius 2 is 1.19 bits per heavy atom. The molecule has 9 heteroatoms. The Kier molecular flexibility index (Phi) is 19.2. The van der Waals surface area contributed by atoms with Gasteiger partial charge >= 0.3 is 5.97 Å². The average molecular weight is 657 g/mol. The summed E-state index contributed by atoms with van der Waals surface area (Å²) in [5.41, 5.74) is 2.30. The van der Waals surface area contributed by atoms with Crippen LogP contribution in [0.2, 0.25) is 0 Å². The first-order valence-electron chi connectivity index (χ1n) is 16.8. The van der Waals surface area contributed by atoms with Crippen LogP contribution in [0.15, 0.2) is 72.9 Å². The van der Waals surface area contributed by atoms with E-state index in [4.69, 9.17) is 19.3 Å². The third-order valence-corrected chi connectivity index (χ3v) is 8.47. The Labute approximate surface area is 283 Å². The van der Waals surface area contributed by atoms with Gasteiger partial charge < -0.3 is 30.0 Å². The summed E-state index contributed by atoms with van der Waals surface area (Å²) in [4.78, 5) is 34.8. The Bertz CT molecular complexity index is 1150. The van der Waals surface area contributed by atoms with Gasteiger partial charge in [0.2, 0.25) is 11.8 Å². The van der Waals surface area contributed by atoms with Crippen molar-refractivity contribution in [3.63, 3.8) is 0 Å². The molecular formula is C38H60N2O7. The fraction of sp³-hybridized carbons (Fsp3) is 0.605. The van der Waals surface area contributed by atoms with Crippen molar-refractivity contribution in [1.29, 1.82) is 0 Å². The normalized spacial score (nSPS) is 29.7. The van der Waals surface area contributed by atoms with Gasteiger partial charge in [0.05, 0.1) is 42.6 Å². The Morgan fingerprint density at radius 1 is 0.787 bits per heavy atom. The first-order chi connectivity index (χ1) is 22.1. The van der Waals surface area contributed by atoms with Gasteiger partial charge in [-0.05, 0) is 85.1 Å². The zero-order valence-electron chi connectivity index (χ0n) is 30.0. The summed E-state index contributed by atoms with van der Waals surface area (Å²) in [5, 5.41) is 15.1. The highest BCUT2D eigenvalue weighted by molar-refractivity contribution is 5.88. The lowest BCUT2D eigenvalue weighted by molar-refractivity contribution is -0.143. The topological polar surface area (TPSA) is 123 Å². The minimum Gasteiger partial charge on any atom is -0.459 e. The molecule has 0 bridgehead atoms. The summed E-state index contributed by atoms with van der Waals surface area (Å²) >= 11 is 0. The van der Waals surface area contributed by atoms with E-state index in [2.05, 4.69) is 49.8 Å². The van der Waals surface area contributed by atoms with Crippen LogP contribution >= 0.6 is 0 Å². The third-order valence-electron chi connectivity index (χ3n) is 8.47. The average Bonchev–Trinajstić information content (AvgIpc) is 3.00. The molecule has 2 aliphatic heterocycles. The number of hydrogen-bond acceptors (Lipinski definition) is 7. The summed E-state index contributed by atoms with van der Waals surface area (Å²) < 4.78 is 17.1. The van der Waals surface area contributed by atoms with E-state index in [0.29, 0.717) is 11.8 Å². The molecule has 3 N–H and O–H groups in total. The van der Waals surface area contributed by atoms with Crippen LogP contribution in [-0.4, -0.2) is 71.6 Å². The molecule has 0 aromatic rings. The molecule has 0 aromatic carbocycles. The van der Waals surface area contributed by atoms with Crippen molar-refractivity contribution in [2.45, 2.75) is 137 Å². The number of nitrogens with one attached hydrogen (secondary N) is 2. The maximum atomic E-state index is 12.1. The zero-order valence-corrected chi connectivity index (χ0v) is 30.0. The van der Waals surface area contributed by atoms with Crippen molar-refractivity contribution in [2.75, 3.05) is 0 Å². The molecule has 0 unspecified atom stereocenters. The van der Waals surface area contributed by atoms with E-state index in [-0.39, 0.29) is 54.3 Å². The SMILES string of the molecule is C=C/C(C)=C/C[C@@H]1O[C@H](C)[C@H](NC(=O)/C=C\[C@H](C)O)C[C@@H]1C.C=C/C(C)=C/C[C@@H]1O[C@H](C)[C@H](NC(=O)/C=C\[C@H](C)OC(C)=O)C[C@@H]1C. The molecule has 0 aliphatic carbocycles. The second kappa shape index (κ2) is 21.6. The largest absolute Gasteiger partial charge is 0.459 e. The third kappa shape index (κ3) is 16.9. The minimum atomic E-state index is -0.617. The standard InChI is InChI=1S/C20H31NO4.C18H29NO3/c1-7-13(2)8-10-19-14(3)12-18(16(5)25-19)21-20(23)11-9-15(4)24-17(6)22;1-6-12(2)7-9-17-13(3)11-16(15(5)22-17)19-18(21)10-8-14(4)20/h7-9,11,14-16,18-19H,1,10,12H2,2-6H3,(H,21,23);6-8,10,13-17,20H,1,9,11H2,2-5H3,(H,19,21)/b11-9-,13-8+;10-8-,12-7+/t14-,15-,16+,18+,19-;13-,14-,15+,16+,17-/m00/s1. The summed E-state index contributed by atoms with van der Waals surface area (Å²) in [7, 11) is 0. The number of carbonyl (C=O) groups excluding carboxylic acids is 3. The molecular weight excluding hydrogens is 596 g/mol. The highest BCUT2D eigenvalue weighted by Crippen LogP contribution is 2.29. The van der Waals surface area contributed by atoms with Crippen LogP contribution < -0.4 is 10.6 Å². The minimum absolute atomic E-state index is 0.00174. The number of rotatable bonds is 13. The molecule has 264 valence electrons. The molecule has 0 spiro atoms. The lowest BCUT2D eigenvalue weighted by Crippen LogP contribution is -2.50. The molecule has 0 aromatic heterocycles. The van der Waals surface area contributed by atoms with Crippen LogP contribution in [0.25, 0.3) is 0 Å². The van der Waals surface area contributed by atoms with Gasteiger partial charge in [0.1, 0.15) is 6.10 Å². The maximum absolute atomic E-state index is 12.1. The van der Waals surface area contributed by atoms with Gasteiger partial charge in [-0.1, -0.05) is 68.5 Å². The number of aliphatic hydroxyl groups is 1. The molecule has 2 heterocycles. The second-order valence-corrected chi connectivity index (χ2v) is 13.0. The lowest BCUT2D eigenvalue weighted by atomic mass is 9.88. The van der Waals surface area contributed by atoms with Gasteiger partial charge in [0.25, 0.3) is 0 Å². The predicted molar refractivity (Wildman–Crippen MR) is 188 cm³/mol. The van der Waals surface area contributed by atoms with Crippen LogP contribution in [0.1, 0.15) is 88.0 Å². The summed E-state index contributed by atoms with van der Waals surface area (Å²) in [6.07, 6.45) is 16.5. The maximum Gasteiger partial charge on any atom is 0.303 e. The van der Waals surface area contributed by atoms with Gasteiger partial charge in [-0.3, -0.25) is 14.4 Å². The van der Waals surface area contributed by atoms with Gasteiger partial charge in [-0.2, -0.15) is 0 Å². The quantitative estimate of drug-likeness (QED) is 0.125. The van der Waals surface area contributed by atoms with E-state index in [0.717, 1.165) is 36.8 Å². The molecule has 2 amide bonds. The molecule has 0 saturated carbocycles. The molecule has 10 atom stereocenters. The Balaban J connectivity index is 0.000000474. The molecule has 47 heavy (non-hydrogen) atoms. The van der Waals surface area contributed by atoms with Gasteiger partial charge in [0, 0.05) is 19.1 Å². The van der Waals surface area contributed by atoms with Crippen molar-refractivity contribution in [3.8, 4) is 0 Å². The van der Waals surface area contributed by atoms with Crippen LogP contribution in [0.5, 0.6) is 0 Å². The zero-order chi connectivity index (χ0) is 35.7. The van der Waals surface area contributed by atoms with Gasteiger partial charge in [0.15, 0.2) is 0 Å². The van der Waals surface area contributed by atoms with E-state index in [1.165, 1.54) is 25.2 Å². The van der Waals surface area contributed by atoms with E-state index < -0.39 is 12.2 Å². The first-order valence-corrected chi connectivity index (χ1v) is 16.8. The number of ether oxygens (including phenoxy) is 3. The van der Waals surface area contributed by atoms with Crippen LogP contribution in [0.3, 0.4) is 0 Å². The molecule has 9 nitrogen and oxygen atoms in total. The molecule has 2 aliphatic rings. The highest BCUT2D eigenvalue weighted by Gasteiger charge is 2.34. The number of allylic oxidation sites excluding steroid dienone is 4. The van der Waals surface area contributed by atoms with Crippen molar-refractivity contribution >= 4 is 17.8 Å². The summed E-state index contributed by atoms with van der Waals surface area (Å²) in [5.74, 6) is -0.0372. The number of hydrogen-bond donors (Lipinski definition) is 3. The molecule has 2 rings (SSSR count). The Hall–Kier alpha value is -3.27.